The third kappa shape index (κ3) is 5.04. The minimum absolute atomic E-state index is 0.0361. The number of rotatable bonds is 6. The Morgan fingerprint density at radius 3 is 2.56 bits per heavy atom. The van der Waals surface area contributed by atoms with Crippen LogP contribution in [0.3, 0.4) is 0 Å². The molecule has 0 radical (unpaired) electrons. The lowest BCUT2D eigenvalue weighted by Gasteiger charge is -2.38. The fourth-order valence-corrected chi connectivity index (χ4v) is 4.54. The summed E-state index contributed by atoms with van der Waals surface area (Å²) in [5.41, 5.74) is 2.22. The summed E-state index contributed by atoms with van der Waals surface area (Å²) in [6.07, 6.45) is -0.306. The third-order valence-electron chi connectivity index (χ3n) is 5.50. The second-order valence-corrected chi connectivity index (χ2v) is 8.47. The number of benzene rings is 3. The van der Waals surface area contributed by atoms with Crippen molar-refractivity contribution in [1.82, 2.24) is 4.90 Å². The van der Waals surface area contributed by atoms with E-state index in [0.29, 0.717) is 17.5 Å². The van der Waals surface area contributed by atoms with Gasteiger partial charge < -0.3 is 14.6 Å². The zero-order valence-corrected chi connectivity index (χ0v) is 19.4. The minimum atomic E-state index is -1.21. The smallest absolute Gasteiger partial charge is 0.410 e. The van der Waals surface area contributed by atoms with E-state index >= 15 is 0 Å². The van der Waals surface area contributed by atoms with E-state index in [2.05, 4.69) is 15.9 Å². The first-order chi connectivity index (χ1) is 16.3. The van der Waals surface area contributed by atoms with Crippen molar-refractivity contribution in [2.75, 3.05) is 13.2 Å². The van der Waals surface area contributed by atoms with E-state index < -0.39 is 36.3 Å². The number of fused-ring (bicyclic) bond motifs is 1. The van der Waals surface area contributed by atoms with Crippen LogP contribution >= 0.6 is 15.9 Å². The van der Waals surface area contributed by atoms with E-state index in [9.17, 15) is 18.4 Å². The van der Waals surface area contributed by atoms with E-state index in [1.165, 1.54) is 29.2 Å². The molecular formula is C25H20BrF2NO5. The molecule has 1 atom stereocenters. The van der Waals surface area contributed by atoms with Crippen molar-refractivity contribution in [3.8, 4) is 5.75 Å². The van der Waals surface area contributed by atoms with Gasteiger partial charge >= 0.3 is 12.1 Å². The summed E-state index contributed by atoms with van der Waals surface area (Å²) in [5, 5.41) is 9.04. The lowest BCUT2D eigenvalue weighted by molar-refractivity contribution is -0.139. The normalized spacial score (nSPS) is 14.9. The van der Waals surface area contributed by atoms with E-state index in [-0.39, 0.29) is 28.9 Å². The van der Waals surface area contributed by atoms with E-state index in [1.54, 1.807) is 0 Å². The van der Waals surface area contributed by atoms with E-state index in [0.717, 1.165) is 11.6 Å². The van der Waals surface area contributed by atoms with Gasteiger partial charge in [0.2, 0.25) is 0 Å². The summed E-state index contributed by atoms with van der Waals surface area (Å²) in [7, 11) is 0. The van der Waals surface area contributed by atoms with Crippen LogP contribution in [-0.2, 0) is 22.6 Å². The Morgan fingerprint density at radius 2 is 1.82 bits per heavy atom. The largest absolute Gasteiger partial charge is 0.482 e. The van der Waals surface area contributed by atoms with Crippen LogP contribution in [-0.4, -0.2) is 35.2 Å². The highest BCUT2D eigenvalue weighted by atomic mass is 79.9. The highest BCUT2D eigenvalue weighted by Gasteiger charge is 2.36. The molecule has 1 heterocycles. The second-order valence-electron chi connectivity index (χ2n) is 7.68. The summed E-state index contributed by atoms with van der Waals surface area (Å²) in [4.78, 5) is 25.7. The van der Waals surface area contributed by atoms with Gasteiger partial charge in [-0.1, -0.05) is 36.4 Å². The zero-order chi connectivity index (χ0) is 24.2. The van der Waals surface area contributed by atoms with Gasteiger partial charge in [-0.2, -0.15) is 0 Å². The predicted molar refractivity (Wildman–Crippen MR) is 123 cm³/mol. The lowest BCUT2D eigenvalue weighted by Crippen LogP contribution is -2.41. The topological polar surface area (TPSA) is 76.1 Å². The van der Waals surface area contributed by atoms with E-state index in [4.69, 9.17) is 14.6 Å². The molecule has 0 aromatic heterocycles. The monoisotopic (exact) mass is 531 g/mol. The Hall–Kier alpha value is -3.46. The van der Waals surface area contributed by atoms with Crippen molar-refractivity contribution in [3.63, 3.8) is 0 Å². The molecule has 0 saturated carbocycles. The summed E-state index contributed by atoms with van der Waals surface area (Å²) in [5.74, 6) is -2.16. The van der Waals surface area contributed by atoms with Gasteiger partial charge in [-0.05, 0) is 63.3 Å². The lowest BCUT2D eigenvalue weighted by atomic mass is 9.87. The van der Waals surface area contributed by atoms with Crippen LogP contribution in [0.1, 0.15) is 28.3 Å². The number of carbonyl (C=O) groups is 2. The van der Waals surface area contributed by atoms with Crippen molar-refractivity contribution in [2.24, 2.45) is 0 Å². The van der Waals surface area contributed by atoms with Gasteiger partial charge in [-0.25, -0.2) is 18.4 Å². The maximum atomic E-state index is 14.3. The second kappa shape index (κ2) is 10.2. The van der Waals surface area contributed by atoms with Gasteiger partial charge in [-0.3, -0.25) is 4.90 Å². The number of hydrogen-bond donors (Lipinski definition) is 1. The molecule has 1 aliphatic heterocycles. The van der Waals surface area contributed by atoms with Gasteiger partial charge in [0.25, 0.3) is 0 Å². The predicted octanol–water partition coefficient (Wildman–Crippen LogP) is 5.48. The Bertz CT molecular complexity index is 1220. The molecule has 176 valence electrons. The molecule has 1 unspecified atom stereocenters. The van der Waals surface area contributed by atoms with Crippen molar-refractivity contribution >= 4 is 28.0 Å². The van der Waals surface area contributed by atoms with Crippen LogP contribution in [0.5, 0.6) is 5.75 Å². The Morgan fingerprint density at radius 1 is 1.06 bits per heavy atom. The van der Waals surface area contributed by atoms with Crippen LogP contribution in [0.15, 0.2) is 65.1 Å². The first-order valence-electron chi connectivity index (χ1n) is 10.4. The number of hydrogen-bond acceptors (Lipinski definition) is 4. The maximum Gasteiger partial charge on any atom is 0.410 e. The van der Waals surface area contributed by atoms with Crippen molar-refractivity contribution < 1.29 is 33.0 Å². The van der Waals surface area contributed by atoms with Crippen LogP contribution in [0.4, 0.5) is 13.6 Å². The van der Waals surface area contributed by atoms with Gasteiger partial charge in [0, 0.05) is 12.1 Å². The number of ether oxygens (including phenoxy) is 2. The molecule has 0 aliphatic carbocycles. The molecule has 6 nitrogen and oxygen atoms in total. The molecule has 1 amide bonds. The molecule has 4 rings (SSSR count). The van der Waals surface area contributed by atoms with Crippen molar-refractivity contribution in [3.05, 3.63) is 99.0 Å². The molecule has 1 aliphatic rings. The van der Waals surface area contributed by atoms with Crippen LogP contribution in [0.2, 0.25) is 0 Å². The van der Waals surface area contributed by atoms with Gasteiger partial charge in [-0.15, -0.1) is 0 Å². The minimum Gasteiger partial charge on any atom is -0.482 e. The average Bonchev–Trinajstić information content (AvgIpc) is 2.84. The Labute approximate surface area is 202 Å². The standard InChI is InChI=1S/C25H20BrF2NO5/c26-23-17-10-11-29(25(32)34-13-15-4-2-1-3-5-15)24(18(17)7-8-20(23)28)19-12-16(27)6-9-21(19)33-14-22(30)31/h1-9,12,24H,10-11,13-14H2,(H,30,31). The first-order valence-corrected chi connectivity index (χ1v) is 11.2. The molecule has 1 N–H and O–H groups in total. The van der Waals surface area contributed by atoms with Gasteiger partial charge in [0.05, 0.1) is 10.5 Å². The zero-order valence-electron chi connectivity index (χ0n) is 17.8. The van der Waals surface area contributed by atoms with Crippen LogP contribution in [0.25, 0.3) is 0 Å². The molecule has 0 bridgehead atoms. The number of amides is 1. The van der Waals surface area contributed by atoms with Crippen molar-refractivity contribution in [2.45, 2.75) is 19.1 Å². The summed E-state index contributed by atoms with van der Waals surface area (Å²) < 4.78 is 39.8. The quantitative estimate of drug-likeness (QED) is 0.456. The Kier molecular flexibility index (Phi) is 7.12. The molecule has 9 heteroatoms. The number of carboxylic acids is 1. The van der Waals surface area contributed by atoms with Gasteiger partial charge in [0.15, 0.2) is 6.61 Å². The Balaban J connectivity index is 1.75. The summed E-state index contributed by atoms with van der Waals surface area (Å²) in [6.45, 7) is -0.444. The molecule has 34 heavy (non-hydrogen) atoms. The number of carbonyl (C=O) groups excluding carboxylic acids is 1. The molecule has 3 aromatic carbocycles. The number of carboxylic acid groups (broad SMARTS) is 1. The molecule has 0 fully saturated rings. The molecule has 0 saturated heterocycles. The van der Waals surface area contributed by atoms with E-state index in [1.807, 2.05) is 30.3 Å². The summed E-state index contributed by atoms with van der Waals surface area (Å²) in [6, 6.07) is 14.7. The average molecular weight is 532 g/mol. The van der Waals surface area contributed by atoms with Gasteiger partial charge in [0.1, 0.15) is 24.0 Å². The maximum absolute atomic E-state index is 14.3. The fraction of sp³-hybridized carbons (Fsp3) is 0.200. The highest BCUT2D eigenvalue weighted by molar-refractivity contribution is 9.10. The molecular weight excluding hydrogens is 512 g/mol. The fourth-order valence-electron chi connectivity index (χ4n) is 3.99. The van der Waals surface area contributed by atoms with Crippen LogP contribution < -0.4 is 4.74 Å². The third-order valence-corrected chi connectivity index (χ3v) is 6.36. The first kappa shape index (κ1) is 23.7. The number of nitrogens with zero attached hydrogens (tertiary/aromatic N) is 1. The summed E-state index contributed by atoms with van der Waals surface area (Å²) >= 11 is 3.27. The van der Waals surface area contributed by atoms with Crippen molar-refractivity contribution in [1.29, 1.82) is 0 Å². The number of halogens is 3. The highest BCUT2D eigenvalue weighted by Crippen LogP contribution is 2.42. The van der Waals surface area contributed by atoms with Crippen LogP contribution in [0, 0.1) is 11.6 Å². The molecule has 3 aromatic rings. The number of aliphatic carboxylic acids is 1. The SMILES string of the molecule is O=C(O)COc1ccc(F)cc1C1c2ccc(F)c(Br)c2CCN1C(=O)OCc1ccccc1. The molecule has 0 spiro atoms.